The number of esters is 2. The van der Waals surface area contributed by atoms with Crippen LogP contribution in [0.3, 0.4) is 0 Å². The van der Waals surface area contributed by atoms with Crippen molar-refractivity contribution in [2.45, 2.75) is 97.2 Å². The second kappa shape index (κ2) is 6.84. The molecule has 0 aromatic carbocycles. The van der Waals surface area contributed by atoms with E-state index in [1.807, 2.05) is 27.7 Å². The van der Waals surface area contributed by atoms with Crippen LogP contribution >= 0.6 is 0 Å². The second-order valence-electron chi connectivity index (χ2n) is 9.63. The number of fused-ring (bicyclic) bond motifs is 2. The molecule has 158 valence electrons. The van der Waals surface area contributed by atoms with Gasteiger partial charge in [0.05, 0.1) is 11.2 Å². The first kappa shape index (κ1) is 21.3. The molecule has 1 heterocycles. The van der Waals surface area contributed by atoms with Crippen LogP contribution in [0, 0.1) is 17.3 Å². The van der Waals surface area contributed by atoms with E-state index in [4.69, 9.17) is 14.2 Å². The smallest absolute Gasteiger partial charge is 0.333 e. The number of carbonyl (C=O) groups is 2. The van der Waals surface area contributed by atoms with Gasteiger partial charge in [0.15, 0.2) is 0 Å². The monoisotopic (exact) mass is 394 g/mol. The highest BCUT2D eigenvalue weighted by Gasteiger charge is 2.73. The van der Waals surface area contributed by atoms with Gasteiger partial charge in [-0.25, -0.2) is 4.79 Å². The molecule has 2 saturated carbocycles. The number of ether oxygens (including phenoxy) is 3. The molecule has 3 rings (SSSR count). The molecule has 0 unspecified atom stereocenters. The lowest BCUT2D eigenvalue weighted by Crippen LogP contribution is -2.54. The Morgan fingerprint density at radius 1 is 1.18 bits per heavy atom. The topological polar surface area (TPSA) is 85.4 Å². The summed E-state index contributed by atoms with van der Waals surface area (Å²) in [6.07, 6.45) is 2.22. The SMILES string of the molecule is C/C=C(\C)C(=O)O[C@@H]1C[C@]2(C)O[C@H]2[C@H](OC(C)=O)[C@@]2(C)CC[C@@](O)(C(C)C)[C@H]12. The van der Waals surface area contributed by atoms with E-state index in [0.717, 1.165) is 0 Å². The van der Waals surface area contributed by atoms with Crippen LogP contribution in [0.2, 0.25) is 0 Å². The van der Waals surface area contributed by atoms with E-state index in [2.05, 4.69) is 0 Å². The molecule has 1 aliphatic heterocycles. The Morgan fingerprint density at radius 2 is 1.82 bits per heavy atom. The molecule has 3 fully saturated rings. The summed E-state index contributed by atoms with van der Waals surface area (Å²) in [5.74, 6) is -1.10. The van der Waals surface area contributed by atoms with Gasteiger partial charge in [0.2, 0.25) is 0 Å². The number of allylic oxidation sites excluding steroid dienone is 1. The Bertz CT molecular complexity index is 699. The minimum absolute atomic E-state index is 0.0236. The van der Waals surface area contributed by atoms with Crippen molar-refractivity contribution in [3.63, 3.8) is 0 Å². The van der Waals surface area contributed by atoms with E-state index in [0.29, 0.717) is 24.8 Å². The Morgan fingerprint density at radius 3 is 2.36 bits per heavy atom. The first-order valence-electron chi connectivity index (χ1n) is 10.3. The van der Waals surface area contributed by atoms with Crippen molar-refractivity contribution in [2.24, 2.45) is 17.3 Å². The maximum absolute atomic E-state index is 12.6. The van der Waals surface area contributed by atoms with Crippen molar-refractivity contribution in [1.82, 2.24) is 0 Å². The fourth-order valence-corrected chi connectivity index (χ4v) is 5.56. The van der Waals surface area contributed by atoms with Crippen LogP contribution in [0.15, 0.2) is 11.6 Å². The van der Waals surface area contributed by atoms with Gasteiger partial charge in [0.25, 0.3) is 0 Å². The normalized spacial score (nSPS) is 45.1. The number of hydrogen-bond donors (Lipinski definition) is 1. The zero-order valence-corrected chi connectivity index (χ0v) is 18.1. The molecule has 2 aliphatic carbocycles. The zero-order chi connectivity index (χ0) is 21.1. The summed E-state index contributed by atoms with van der Waals surface area (Å²) in [7, 11) is 0. The number of rotatable bonds is 4. The summed E-state index contributed by atoms with van der Waals surface area (Å²) >= 11 is 0. The molecule has 1 N–H and O–H groups in total. The third-order valence-corrected chi connectivity index (χ3v) is 7.46. The van der Waals surface area contributed by atoms with Gasteiger partial charge in [-0.05, 0) is 39.5 Å². The van der Waals surface area contributed by atoms with E-state index in [1.165, 1.54) is 6.92 Å². The molecule has 0 amide bonds. The van der Waals surface area contributed by atoms with Crippen molar-refractivity contribution < 1.29 is 28.9 Å². The van der Waals surface area contributed by atoms with Crippen molar-refractivity contribution in [2.75, 3.05) is 0 Å². The highest BCUT2D eigenvalue weighted by molar-refractivity contribution is 5.87. The summed E-state index contributed by atoms with van der Waals surface area (Å²) in [5.41, 5.74) is -1.54. The highest BCUT2D eigenvalue weighted by atomic mass is 16.6. The van der Waals surface area contributed by atoms with E-state index in [1.54, 1.807) is 19.9 Å². The average molecular weight is 395 g/mol. The summed E-state index contributed by atoms with van der Waals surface area (Å²) in [6, 6.07) is 0. The summed E-state index contributed by atoms with van der Waals surface area (Å²) in [5, 5.41) is 11.7. The maximum atomic E-state index is 12.6. The van der Waals surface area contributed by atoms with Gasteiger partial charge >= 0.3 is 11.9 Å². The lowest BCUT2D eigenvalue weighted by molar-refractivity contribution is -0.181. The fraction of sp³-hybridized carbons (Fsp3) is 0.818. The van der Waals surface area contributed by atoms with Gasteiger partial charge in [0.1, 0.15) is 18.3 Å². The van der Waals surface area contributed by atoms with Crippen LogP contribution < -0.4 is 0 Å². The average Bonchev–Trinajstić information content (AvgIpc) is 3.17. The molecule has 1 saturated heterocycles. The first-order valence-corrected chi connectivity index (χ1v) is 10.3. The van der Waals surface area contributed by atoms with E-state index < -0.39 is 28.8 Å². The van der Waals surface area contributed by atoms with Crippen LogP contribution in [-0.2, 0) is 23.8 Å². The molecule has 0 spiro atoms. The second-order valence-corrected chi connectivity index (χ2v) is 9.63. The Balaban J connectivity index is 2.07. The van der Waals surface area contributed by atoms with Crippen LogP contribution in [0.1, 0.15) is 67.7 Å². The quantitative estimate of drug-likeness (QED) is 0.448. The van der Waals surface area contributed by atoms with E-state index in [-0.39, 0.29) is 29.9 Å². The van der Waals surface area contributed by atoms with Crippen LogP contribution in [0.25, 0.3) is 0 Å². The molecule has 6 nitrogen and oxygen atoms in total. The Hall–Kier alpha value is -1.40. The predicted molar refractivity (Wildman–Crippen MR) is 103 cm³/mol. The lowest BCUT2D eigenvalue weighted by atomic mass is 9.66. The minimum atomic E-state index is -1.00. The third kappa shape index (κ3) is 3.18. The van der Waals surface area contributed by atoms with Crippen LogP contribution in [0.4, 0.5) is 0 Å². The van der Waals surface area contributed by atoms with Crippen molar-refractivity contribution in [3.8, 4) is 0 Å². The first-order chi connectivity index (χ1) is 12.9. The van der Waals surface area contributed by atoms with E-state index in [9.17, 15) is 14.7 Å². The number of carbonyl (C=O) groups excluding carboxylic acids is 2. The van der Waals surface area contributed by atoms with Crippen molar-refractivity contribution in [1.29, 1.82) is 0 Å². The summed E-state index contributed by atoms with van der Waals surface area (Å²) < 4.78 is 17.7. The molecule has 6 heteroatoms. The molecule has 0 aromatic rings. The van der Waals surface area contributed by atoms with Gasteiger partial charge in [0, 0.05) is 30.3 Å². The number of hydrogen-bond acceptors (Lipinski definition) is 6. The maximum Gasteiger partial charge on any atom is 0.333 e. The van der Waals surface area contributed by atoms with Crippen LogP contribution in [-0.4, -0.2) is 46.6 Å². The largest absolute Gasteiger partial charge is 0.459 e. The molecule has 28 heavy (non-hydrogen) atoms. The molecule has 0 bridgehead atoms. The molecule has 3 aliphatic rings. The van der Waals surface area contributed by atoms with Gasteiger partial charge in [-0.1, -0.05) is 26.8 Å². The third-order valence-electron chi connectivity index (χ3n) is 7.46. The minimum Gasteiger partial charge on any atom is -0.459 e. The standard InChI is InChI=1S/C22H34O6/c1-8-13(4)19(24)27-15-11-21(7)18(28-21)17(26-14(5)23)20(6)9-10-22(25,12(2)3)16(15)20/h8,12,15-18,25H,9-11H2,1-7H3/b13-8+/t15-,16-,17+,18+,20+,21+,22-/m1/s1. The predicted octanol–water partition coefficient (Wildman–Crippen LogP) is 3.16. The van der Waals surface area contributed by atoms with Crippen molar-refractivity contribution >= 4 is 11.9 Å². The van der Waals surface area contributed by atoms with Crippen molar-refractivity contribution in [3.05, 3.63) is 11.6 Å². The van der Waals surface area contributed by atoms with Crippen LogP contribution in [0.5, 0.6) is 0 Å². The number of aliphatic hydroxyl groups is 1. The Kier molecular flexibility index (Phi) is 5.20. The lowest BCUT2D eigenvalue weighted by Gasteiger charge is -2.45. The van der Waals surface area contributed by atoms with Gasteiger partial charge in [-0.2, -0.15) is 0 Å². The summed E-state index contributed by atoms with van der Waals surface area (Å²) in [4.78, 5) is 24.5. The van der Waals surface area contributed by atoms with Gasteiger partial charge in [-0.3, -0.25) is 4.79 Å². The molecule has 0 aromatic heterocycles. The van der Waals surface area contributed by atoms with Gasteiger partial charge < -0.3 is 19.3 Å². The zero-order valence-electron chi connectivity index (χ0n) is 18.1. The van der Waals surface area contributed by atoms with Gasteiger partial charge in [-0.15, -0.1) is 0 Å². The molecular weight excluding hydrogens is 360 g/mol. The molecule has 0 radical (unpaired) electrons. The molecular formula is C22H34O6. The Labute approximate surface area is 167 Å². The van der Waals surface area contributed by atoms with E-state index >= 15 is 0 Å². The number of epoxide rings is 1. The molecule has 7 atom stereocenters. The summed E-state index contributed by atoms with van der Waals surface area (Å²) in [6.45, 7) is 12.9. The fourth-order valence-electron chi connectivity index (χ4n) is 5.56. The highest BCUT2D eigenvalue weighted by Crippen LogP contribution is 2.64.